The minimum Gasteiger partial charge on any atom is -0.467 e. The van der Waals surface area contributed by atoms with E-state index in [0.29, 0.717) is 0 Å². The van der Waals surface area contributed by atoms with E-state index in [1.807, 2.05) is 5.32 Å². The van der Waals surface area contributed by atoms with Gasteiger partial charge in [0.15, 0.2) is 23.3 Å². The normalized spacial score (nSPS) is 12.2. The van der Waals surface area contributed by atoms with Gasteiger partial charge in [0.1, 0.15) is 17.4 Å². The van der Waals surface area contributed by atoms with Gasteiger partial charge in [-0.15, -0.1) is 0 Å². The van der Waals surface area contributed by atoms with E-state index < -0.39 is 47.4 Å². The summed E-state index contributed by atoms with van der Waals surface area (Å²) in [6.07, 6.45) is 1.26. The Morgan fingerprint density at radius 2 is 1.86 bits per heavy atom. The Hall–Kier alpha value is -2.35. The van der Waals surface area contributed by atoms with Crippen molar-refractivity contribution in [1.82, 2.24) is 5.32 Å². The molecule has 0 radical (unpaired) electrons. The number of rotatable bonds is 4. The van der Waals surface area contributed by atoms with E-state index in [1.54, 1.807) is 0 Å². The first-order chi connectivity index (χ1) is 9.95. The average Bonchev–Trinajstić information content (AvgIpc) is 2.97. The van der Waals surface area contributed by atoms with Crippen LogP contribution in [0.1, 0.15) is 22.2 Å². The third-order valence-electron chi connectivity index (χ3n) is 2.71. The standard InChI is InChI=1S/C13H9F4NO3/c14-6-4-7(15)12(17)10(11(6)16)13(20)18-8(5-19)9-2-1-3-21-9/h1-4,8,19H,5H2,(H,18,20). The molecule has 2 rings (SSSR count). The first kappa shape index (κ1) is 15.0. The number of nitrogens with one attached hydrogen (secondary N) is 1. The van der Waals surface area contributed by atoms with Crippen molar-refractivity contribution in [3.63, 3.8) is 0 Å². The zero-order valence-electron chi connectivity index (χ0n) is 10.4. The molecule has 0 aliphatic rings. The summed E-state index contributed by atoms with van der Waals surface area (Å²) in [4.78, 5) is 11.8. The Morgan fingerprint density at radius 3 is 2.33 bits per heavy atom. The van der Waals surface area contributed by atoms with Crippen LogP contribution in [0.25, 0.3) is 0 Å². The Bertz CT molecular complexity index is 632. The van der Waals surface area contributed by atoms with Crippen LogP contribution in [0.4, 0.5) is 17.6 Å². The molecule has 1 unspecified atom stereocenters. The molecule has 1 atom stereocenters. The number of carbonyl (C=O) groups excluding carboxylic acids is 1. The van der Waals surface area contributed by atoms with Gasteiger partial charge in [-0.1, -0.05) is 0 Å². The fraction of sp³-hybridized carbons (Fsp3) is 0.154. The number of hydrogen-bond acceptors (Lipinski definition) is 3. The van der Waals surface area contributed by atoms with Gasteiger partial charge in [0.05, 0.1) is 12.9 Å². The van der Waals surface area contributed by atoms with Gasteiger partial charge >= 0.3 is 0 Å². The molecule has 1 aromatic heterocycles. The zero-order chi connectivity index (χ0) is 15.6. The van der Waals surface area contributed by atoms with Gasteiger partial charge in [0.25, 0.3) is 5.91 Å². The van der Waals surface area contributed by atoms with Crippen molar-refractivity contribution >= 4 is 5.91 Å². The van der Waals surface area contributed by atoms with E-state index in [-0.39, 0.29) is 11.8 Å². The van der Waals surface area contributed by atoms with E-state index in [0.717, 1.165) is 0 Å². The SMILES string of the molecule is O=C(NC(CO)c1ccco1)c1c(F)c(F)cc(F)c1F. The topological polar surface area (TPSA) is 62.5 Å². The first-order valence-corrected chi connectivity index (χ1v) is 5.73. The molecule has 0 spiro atoms. The maximum atomic E-state index is 13.5. The third-order valence-corrected chi connectivity index (χ3v) is 2.71. The van der Waals surface area contributed by atoms with Crippen LogP contribution in [0.2, 0.25) is 0 Å². The van der Waals surface area contributed by atoms with Crippen LogP contribution < -0.4 is 5.32 Å². The molecule has 0 aliphatic carbocycles. The van der Waals surface area contributed by atoms with Crippen LogP contribution in [-0.4, -0.2) is 17.6 Å². The van der Waals surface area contributed by atoms with E-state index in [2.05, 4.69) is 0 Å². The lowest BCUT2D eigenvalue weighted by molar-refractivity contribution is 0.0896. The van der Waals surface area contributed by atoms with E-state index >= 15 is 0 Å². The van der Waals surface area contributed by atoms with E-state index in [1.165, 1.54) is 18.4 Å². The number of hydrogen-bond donors (Lipinski definition) is 2. The molecule has 21 heavy (non-hydrogen) atoms. The molecule has 2 N–H and O–H groups in total. The van der Waals surface area contributed by atoms with Gasteiger partial charge in [-0.25, -0.2) is 17.6 Å². The predicted octanol–water partition coefficient (Wildman–Crippen LogP) is 2.30. The molecule has 4 nitrogen and oxygen atoms in total. The molecule has 112 valence electrons. The average molecular weight is 303 g/mol. The first-order valence-electron chi connectivity index (χ1n) is 5.73. The van der Waals surface area contributed by atoms with Crippen molar-refractivity contribution in [3.8, 4) is 0 Å². The second-order valence-electron chi connectivity index (χ2n) is 4.07. The molecule has 1 amide bonds. The molecule has 0 aliphatic heterocycles. The molecule has 0 saturated heterocycles. The molecule has 2 aromatic rings. The lowest BCUT2D eigenvalue weighted by atomic mass is 10.1. The molecular formula is C13H9F4NO3. The minimum absolute atomic E-state index is 0.00248. The number of carbonyl (C=O) groups is 1. The van der Waals surface area contributed by atoms with Crippen LogP contribution in [0, 0.1) is 23.3 Å². The second kappa shape index (κ2) is 5.96. The lowest BCUT2D eigenvalue weighted by Crippen LogP contribution is -2.32. The van der Waals surface area contributed by atoms with Crippen LogP contribution in [0.5, 0.6) is 0 Å². The van der Waals surface area contributed by atoms with Crippen molar-refractivity contribution in [1.29, 1.82) is 0 Å². The minimum atomic E-state index is -1.82. The van der Waals surface area contributed by atoms with E-state index in [4.69, 9.17) is 9.52 Å². The summed E-state index contributed by atoms with van der Waals surface area (Å²) in [5.74, 6) is -8.33. The van der Waals surface area contributed by atoms with Gasteiger partial charge in [-0.2, -0.15) is 0 Å². The second-order valence-corrected chi connectivity index (χ2v) is 4.07. The third kappa shape index (κ3) is 2.89. The highest BCUT2D eigenvalue weighted by Crippen LogP contribution is 2.21. The number of aliphatic hydroxyl groups is 1. The Balaban J connectivity index is 2.33. The number of aliphatic hydroxyl groups excluding tert-OH is 1. The van der Waals surface area contributed by atoms with Gasteiger partial charge in [-0.05, 0) is 12.1 Å². The molecule has 0 bridgehead atoms. The molecule has 1 aromatic carbocycles. The van der Waals surface area contributed by atoms with Crippen LogP contribution >= 0.6 is 0 Å². The quantitative estimate of drug-likeness (QED) is 0.673. The fourth-order valence-corrected chi connectivity index (χ4v) is 1.70. The van der Waals surface area contributed by atoms with Gasteiger partial charge < -0.3 is 14.8 Å². The fourth-order valence-electron chi connectivity index (χ4n) is 1.70. The summed E-state index contributed by atoms with van der Waals surface area (Å²) in [6.45, 7) is -0.639. The van der Waals surface area contributed by atoms with Crippen molar-refractivity contribution in [2.24, 2.45) is 0 Å². The summed E-state index contributed by atoms with van der Waals surface area (Å²) < 4.78 is 57.9. The molecule has 1 heterocycles. The number of benzene rings is 1. The Kier molecular flexibility index (Phi) is 4.27. The predicted molar refractivity (Wildman–Crippen MR) is 62.3 cm³/mol. The van der Waals surface area contributed by atoms with Crippen molar-refractivity contribution in [3.05, 3.63) is 59.1 Å². The molecule has 8 heteroatoms. The highest BCUT2D eigenvalue weighted by atomic mass is 19.2. The number of amides is 1. The molecule has 0 fully saturated rings. The number of halogens is 4. The molecular weight excluding hydrogens is 294 g/mol. The Morgan fingerprint density at radius 1 is 1.24 bits per heavy atom. The van der Waals surface area contributed by atoms with Crippen molar-refractivity contribution in [2.75, 3.05) is 6.61 Å². The molecule has 0 saturated carbocycles. The zero-order valence-corrected chi connectivity index (χ0v) is 10.4. The van der Waals surface area contributed by atoms with Crippen LogP contribution in [-0.2, 0) is 0 Å². The maximum absolute atomic E-state index is 13.5. The van der Waals surface area contributed by atoms with E-state index in [9.17, 15) is 22.4 Å². The summed E-state index contributed by atoms with van der Waals surface area (Å²) in [6, 6.07) is 1.75. The summed E-state index contributed by atoms with van der Waals surface area (Å²) in [5, 5.41) is 11.2. The van der Waals surface area contributed by atoms with Gasteiger partial charge in [0.2, 0.25) is 0 Å². The van der Waals surface area contributed by atoms with Crippen molar-refractivity contribution < 1.29 is 31.9 Å². The summed E-state index contributed by atoms with van der Waals surface area (Å²) in [7, 11) is 0. The van der Waals surface area contributed by atoms with Gasteiger partial charge in [0, 0.05) is 6.07 Å². The Labute approximate surface area is 116 Å². The van der Waals surface area contributed by atoms with Crippen molar-refractivity contribution in [2.45, 2.75) is 6.04 Å². The summed E-state index contributed by atoms with van der Waals surface area (Å²) >= 11 is 0. The smallest absolute Gasteiger partial charge is 0.258 e. The highest BCUT2D eigenvalue weighted by molar-refractivity contribution is 5.95. The largest absolute Gasteiger partial charge is 0.467 e. The highest BCUT2D eigenvalue weighted by Gasteiger charge is 2.27. The summed E-state index contributed by atoms with van der Waals surface area (Å²) in [5.41, 5.74) is -1.41. The lowest BCUT2D eigenvalue weighted by Gasteiger charge is -2.14. The maximum Gasteiger partial charge on any atom is 0.258 e. The van der Waals surface area contributed by atoms with Crippen LogP contribution in [0.15, 0.2) is 28.9 Å². The van der Waals surface area contributed by atoms with Gasteiger partial charge in [-0.3, -0.25) is 4.79 Å². The number of furan rings is 1. The van der Waals surface area contributed by atoms with Crippen LogP contribution in [0.3, 0.4) is 0 Å². The monoisotopic (exact) mass is 303 g/mol.